The van der Waals surface area contributed by atoms with Gasteiger partial charge in [0.05, 0.1) is 10.6 Å². The Morgan fingerprint density at radius 2 is 1.66 bits per heavy atom. The molecule has 0 bridgehead atoms. The van der Waals surface area contributed by atoms with Gasteiger partial charge in [0.15, 0.2) is 0 Å². The van der Waals surface area contributed by atoms with Gasteiger partial charge < -0.3 is 0 Å². The first-order valence-corrected chi connectivity index (χ1v) is 15.1. The number of sulfonamides is 1. The van der Waals surface area contributed by atoms with Gasteiger partial charge in [-0.1, -0.05) is 57.1 Å². The van der Waals surface area contributed by atoms with E-state index in [2.05, 4.69) is 9.62 Å². The van der Waals surface area contributed by atoms with Crippen molar-refractivity contribution in [2.24, 2.45) is 11.8 Å². The molecule has 0 atom stereocenters. The second kappa shape index (κ2) is 11.0. The standard InChI is InChI=1S/C29H39FN2O2S/c30-28-18-23(11-5-10-22-6-1-2-7-22)12-15-29(28)31-35(33,34)27-14-13-26-21-32(17-16-25(26)19-27)20-24-8-3-4-9-24/h12-15,18-19,22,24,31H,1-11,16-17,20-21H2. The highest BCUT2D eigenvalue weighted by molar-refractivity contribution is 7.92. The van der Waals surface area contributed by atoms with Gasteiger partial charge in [-0.3, -0.25) is 9.62 Å². The molecule has 1 N–H and O–H groups in total. The van der Waals surface area contributed by atoms with Gasteiger partial charge in [0.1, 0.15) is 5.82 Å². The van der Waals surface area contributed by atoms with Crippen LogP contribution in [0.5, 0.6) is 0 Å². The molecule has 2 aromatic carbocycles. The molecule has 2 fully saturated rings. The molecule has 4 nitrogen and oxygen atoms in total. The highest BCUT2D eigenvalue weighted by atomic mass is 32.2. The summed E-state index contributed by atoms with van der Waals surface area (Å²) in [6, 6.07) is 10.3. The lowest BCUT2D eigenvalue weighted by Crippen LogP contribution is -2.34. The second-order valence-electron chi connectivity index (χ2n) is 11.0. The molecule has 2 aromatic rings. The van der Waals surface area contributed by atoms with E-state index in [1.54, 1.807) is 18.2 Å². The number of benzene rings is 2. The smallest absolute Gasteiger partial charge is 0.261 e. The summed E-state index contributed by atoms with van der Waals surface area (Å²) in [6.07, 6.45) is 14.7. The number of halogens is 1. The SMILES string of the molecule is O=S(=O)(Nc1ccc(CCCC2CCCC2)cc1F)c1ccc2c(c1)CCN(CC1CCCC1)C2. The number of fused-ring (bicyclic) bond motifs is 1. The molecule has 3 aliphatic rings. The summed E-state index contributed by atoms with van der Waals surface area (Å²) in [5.74, 6) is 1.14. The minimum atomic E-state index is -3.85. The number of nitrogens with zero attached hydrogens (tertiary/aromatic N) is 1. The van der Waals surface area contributed by atoms with E-state index in [9.17, 15) is 12.8 Å². The molecule has 0 radical (unpaired) electrons. The van der Waals surface area contributed by atoms with Crippen molar-refractivity contribution in [1.29, 1.82) is 0 Å². The van der Waals surface area contributed by atoms with Crippen LogP contribution < -0.4 is 4.72 Å². The van der Waals surface area contributed by atoms with Gasteiger partial charge in [-0.05, 0) is 84.9 Å². The molecule has 1 aliphatic heterocycles. The molecule has 0 spiro atoms. The predicted molar refractivity (Wildman–Crippen MR) is 139 cm³/mol. The van der Waals surface area contributed by atoms with E-state index >= 15 is 0 Å². The fourth-order valence-corrected chi connectivity index (χ4v) is 7.48. The summed E-state index contributed by atoms with van der Waals surface area (Å²) in [5, 5.41) is 0. The van der Waals surface area contributed by atoms with Crippen molar-refractivity contribution in [3.8, 4) is 0 Å². The van der Waals surface area contributed by atoms with E-state index in [1.165, 1.54) is 69.4 Å². The Labute approximate surface area is 210 Å². The van der Waals surface area contributed by atoms with Gasteiger partial charge in [-0.25, -0.2) is 12.8 Å². The van der Waals surface area contributed by atoms with Crippen LogP contribution in [0.1, 0.15) is 80.9 Å². The van der Waals surface area contributed by atoms with Crippen LogP contribution in [0.4, 0.5) is 10.1 Å². The Kier molecular flexibility index (Phi) is 7.78. The quantitative estimate of drug-likeness (QED) is 0.419. The maximum absolute atomic E-state index is 14.8. The van der Waals surface area contributed by atoms with E-state index in [4.69, 9.17) is 0 Å². The van der Waals surface area contributed by atoms with Gasteiger partial charge in [0, 0.05) is 19.6 Å². The van der Waals surface area contributed by atoms with Crippen LogP contribution >= 0.6 is 0 Å². The number of hydrogen-bond donors (Lipinski definition) is 1. The summed E-state index contributed by atoms with van der Waals surface area (Å²) in [7, 11) is -3.85. The van der Waals surface area contributed by atoms with Crippen molar-refractivity contribution >= 4 is 15.7 Å². The maximum Gasteiger partial charge on any atom is 0.261 e. The molecule has 35 heavy (non-hydrogen) atoms. The van der Waals surface area contributed by atoms with E-state index in [1.807, 2.05) is 12.1 Å². The molecule has 6 heteroatoms. The third-order valence-electron chi connectivity index (χ3n) is 8.40. The molecule has 190 valence electrons. The molecule has 0 unspecified atom stereocenters. The van der Waals surface area contributed by atoms with Crippen LogP contribution in [0, 0.1) is 17.7 Å². The number of nitrogens with one attached hydrogen (secondary N) is 1. The largest absolute Gasteiger partial charge is 0.298 e. The molecule has 1 heterocycles. The number of rotatable bonds is 9. The van der Waals surface area contributed by atoms with Crippen LogP contribution in [0.15, 0.2) is 41.3 Å². The topological polar surface area (TPSA) is 49.4 Å². The van der Waals surface area contributed by atoms with Crippen LogP contribution in [0.2, 0.25) is 0 Å². The predicted octanol–water partition coefficient (Wildman–Crippen LogP) is 6.69. The van der Waals surface area contributed by atoms with E-state index in [0.717, 1.165) is 61.9 Å². The molecule has 2 aliphatic carbocycles. The number of hydrogen-bond acceptors (Lipinski definition) is 3. The zero-order chi connectivity index (χ0) is 24.3. The van der Waals surface area contributed by atoms with Gasteiger partial charge in [0.25, 0.3) is 10.0 Å². The van der Waals surface area contributed by atoms with Gasteiger partial charge in [0.2, 0.25) is 0 Å². The Morgan fingerprint density at radius 1 is 0.914 bits per heavy atom. The Balaban J connectivity index is 1.19. The third-order valence-corrected chi connectivity index (χ3v) is 9.76. The average molecular weight is 499 g/mol. The molecular formula is C29H39FN2O2S. The normalized spacial score (nSPS) is 19.8. The zero-order valence-electron chi connectivity index (χ0n) is 20.8. The lowest BCUT2D eigenvalue weighted by Gasteiger charge is -2.31. The Morgan fingerprint density at radius 3 is 2.40 bits per heavy atom. The summed E-state index contributed by atoms with van der Waals surface area (Å²) in [4.78, 5) is 2.72. The monoisotopic (exact) mass is 498 g/mol. The first-order valence-electron chi connectivity index (χ1n) is 13.6. The van der Waals surface area contributed by atoms with Crippen molar-refractivity contribution in [2.75, 3.05) is 17.8 Å². The van der Waals surface area contributed by atoms with Crippen LogP contribution in [-0.4, -0.2) is 26.4 Å². The van der Waals surface area contributed by atoms with E-state index in [-0.39, 0.29) is 10.6 Å². The summed E-state index contributed by atoms with van der Waals surface area (Å²) in [6.45, 7) is 3.00. The Bertz CT molecular complexity index is 1120. The number of anilines is 1. The maximum atomic E-state index is 14.8. The average Bonchev–Trinajstić information content (AvgIpc) is 3.55. The Hall–Kier alpha value is -1.92. The summed E-state index contributed by atoms with van der Waals surface area (Å²) in [5.41, 5.74) is 3.25. The van der Waals surface area contributed by atoms with Crippen molar-refractivity contribution in [1.82, 2.24) is 4.90 Å². The number of aryl methyl sites for hydroxylation is 1. The van der Waals surface area contributed by atoms with Crippen molar-refractivity contribution < 1.29 is 12.8 Å². The minimum Gasteiger partial charge on any atom is -0.298 e. The van der Waals surface area contributed by atoms with E-state index in [0.29, 0.717) is 0 Å². The van der Waals surface area contributed by atoms with Crippen LogP contribution in [-0.2, 0) is 29.4 Å². The molecule has 2 saturated carbocycles. The first kappa shape index (κ1) is 24.8. The molecule has 0 aromatic heterocycles. The third kappa shape index (κ3) is 6.26. The van der Waals surface area contributed by atoms with Crippen molar-refractivity contribution in [2.45, 2.75) is 88.5 Å². The fourth-order valence-electron chi connectivity index (χ4n) is 6.36. The van der Waals surface area contributed by atoms with Crippen molar-refractivity contribution in [3.05, 3.63) is 58.9 Å². The summed E-state index contributed by atoms with van der Waals surface area (Å²) >= 11 is 0. The highest BCUT2D eigenvalue weighted by Crippen LogP contribution is 2.31. The second-order valence-corrected chi connectivity index (χ2v) is 12.7. The van der Waals surface area contributed by atoms with E-state index < -0.39 is 15.8 Å². The lowest BCUT2D eigenvalue weighted by molar-refractivity contribution is 0.214. The lowest BCUT2D eigenvalue weighted by atomic mass is 9.98. The minimum absolute atomic E-state index is 0.0185. The van der Waals surface area contributed by atoms with Crippen molar-refractivity contribution in [3.63, 3.8) is 0 Å². The highest BCUT2D eigenvalue weighted by Gasteiger charge is 2.24. The molecule has 0 saturated heterocycles. The van der Waals surface area contributed by atoms with Crippen LogP contribution in [0.25, 0.3) is 0 Å². The molecule has 0 amide bonds. The van der Waals surface area contributed by atoms with Gasteiger partial charge >= 0.3 is 0 Å². The first-order chi connectivity index (χ1) is 17.0. The molecular weight excluding hydrogens is 459 g/mol. The summed E-state index contributed by atoms with van der Waals surface area (Å²) < 4.78 is 43.4. The van der Waals surface area contributed by atoms with Gasteiger partial charge in [-0.15, -0.1) is 0 Å². The fraction of sp³-hybridized carbons (Fsp3) is 0.586. The van der Waals surface area contributed by atoms with Gasteiger partial charge in [-0.2, -0.15) is 0 Å². The zero-order valence-corrected chi connectivity index (χ0v) is 21.6. The molecule has 5 rings (SSSR count). The van der Waals surface area contributed by atoms with Crippen LogP contribution in [0.3, 0.4) is 0 Å².